The number of aryl methyl sites for hydroxylation is 2. The van der Waals surface area contributed by atoms with Gasteiger partial charge in [-0.05, 0) is 93.8 Å². The fourth-order valence-electron chi connectivity index (χ4n) is 5.33. The fraction of sp³-hybridized carbons (Fsp3) is 0.293. The molecule has 0 fully saturated rings. The summed E-state index contributed by atoms with van der Waals surface area (Å²) in [5, 5.41) is 5.24. The minimum absolute atomic E-state index is 0.0161. The highest BCUT2D eigenvalue weighted by Crippen LogP contribution is 2.29. The van der Waals surface area contributed by atoms with E-state index < -0.39 is 42.5 Å². The number of urea groups is 1. The van der Waals surface area contributed by atoms with E-state index in [0.29, 0.717) is 16.9 Å². The number of carbonyl (C=O) groups excluding carboxylic acids is 5. The largest absolute Gasteiger partial charge is 0.482 e. The molecule has 278 valence electrons. The second kappa shape index (κ2) is 17.9. The van der Waals surface area contributed by atoms with Crippen LogP contribution in [0.2, 0.25) is 0 Å². The van der Waals surface area contributed by atoms with E-state index in [0.717, 1.165) is 16.8 Å². The van der Waals surface area contributed by atoms with Crippen LogP contribution in [0.25, 0.3) is 0 Å². The molecule has 0 unspecified atom stereocenters. The first-order chi connectivity index (χ1) is 25.1. The smallest absolute Gasteiger partial charge is 0.319 e. The highest BCUT2D eigenvalue weighted by molar-refractivity contribution is 6.06. The van der Waals surface area contributed by atoms with Gasteiger partial charge in [-0.25, -0.2) is 4.79 Å². The van der Waals surface area contributed by atoms with Crippen molar-refractivity contribution in [3.8, 4) is 5.75 Å². The van der Waals surface area contributed by atoms with Gasteiger partial charge in [0.05, 0.1) is 18.7 Å². The number of nitrogens with one attached hydrogen (secondary N) is 2. The van der Waals surface area contributed by atoms with E-state index >= 15 is 0 Å². The van der Waals surface area contributed by atoms with Crippen LogP contribution in [-0.2, 0) is 30.3 Å². The van der Waals surface area contributed by atoms with E-state index in [1.807, 2.05) is 38.1 Å². The van der Waals surface area contributed by atoms with Crippen molar-refractivity contribution in [1.82, 2.24) is 5.32 Å². The standard InChI is InChI=1S/C41H47N5O7/c1-28-20-21-29(2)34(22-28)45(7)38(49)27-52-35-19-12-11-18-33(35)46(26-37(48)44(6)32-16-9-8-10-17-32)36(47)25-42-40(51)43-31-15-13-14-30(23-31)24-39(50)53-41(3,4)5/h8-23H,24-27H2,1-7H3,(H2,42,43,51). The van der Waals surface area contributed by atoms with Gasteiger partial charge in [-0.15, -0.1) is 0 Å². The average Bonchev–Trinajstić information content (AvgIpc) is 3.12. The van der Waals surface area contributed by atoms with Gasteiger partial charge in [0.2, 0.25) is 11.8 Å². The van der Waals surface area contributed by atoms with Crippen molar-refractivity contribution >= 4 is 52.5 Å². The molecule has 0 aliphatic rings. The van der Waals surface area contributed by atoms with E-state index in [1.54, 1.807) is 108 Å². The third-order valence-electron chi connectivity index (χ3n) is 8.07. The van der Waals surface area contributed by atoms with Crippen LogP contribution in [0.15, 0.2) is 97.1 Å². The topological polar surface area (TPSA) is 138 Å². The summed E-state index contributed by atoms with van der Waals surface area (Å²) >= 11 is 0. The Labute approximate surface area is 310 Å². The molecular weight excluding hydrogens is 674 g/mol. The maximum Gasteiger partial charge on any atom is 0.319 e. The number of hydrogen-bond donors (Lipinski definition) is 2. The lowest BCUT2D eigenvalue weighted by Crippen LogP contribution is -2.46. The second-order valence-corrected chi connectivity index (χ2v) is 13.5. The summed E-state index contributed by atoms with van der Waals surface area (Å²) in [4.78, 5) is 70.1. The van der Waals surface area contributed by atoms with Crippen LogP contribution in [-0.4, -0.2) is 69.1 Å². The first kappa shape index (κ1) is 39.6. The summed E-state index contributed by atoms with van der Waals surface area (Å²) in [6.45, 7) is 8.01. The molecule has 0 saturated heterocycles. The van der Waals surface area contributed by atoms with Crippen LogP contribution in [0.4, 0.5) is 27.5 Å². The summed E-state index contributed by atoms with van der Waals surface area (Å²) in [5.74, 6) is -1.54. The molecule has 5 amide bonds. The average molecular weight is 722 g/mol. The van der Waals surface area contributed by atoms with Crippen molar-refractivity contribution in [2.24, 2.45) is 0 Å². The Morgan fingerprint density at radius 3 is 2.13 bits per heavy atom. The number of benzene rings is 4. The summed E-state index contributed by atoms with van der Waals surface area (Å²) in [6.07, 6.45) is 0.0161. The summed E-state index contributed by atoms with van der Waals surface area (Å²) in [6, 6.07) is 27.4. The number of ether oxygens (including phenoxy) is 2. The zero-order valence-corrected chi connectivity index (χ0v) is 31.3. The van der Waals surface area contributed by atoms with Crippen molar-refractivity contribution in [3.63, 3.8) is 0 Å². The Morgan fingerprint density at radius 1 is 0.717 bits per heavy atom. The molecule has 0 aliphatic carbocycles. The molecule has 0 saturated carbocycles. The first-order valence-corrected chi connectivity index (χ1v) is 17.1. The lowest BCUT2D eigenvalue weighted by atomic mass is 10.1. The van der Waals surface area contributed by atoms with Crippen LogP contribution in [0, 0.1) is 13.8 Å². The van der Waals surface area contributed by atoms with Gasteiger partial charge in [0.25, 0.3) is 5.91 Å². The van der Waals surface area contributed by atoms with Gasteiger partial charge < -0.3 is 29.9 Å². The Morgan fingerprint density at radius 2 is 1.42 bits per heavy atom. The normalized spacial score (nSPS) is 10.8. The minimum Gasteiger partial charge on any atom is -0.482 e. The van der Waals surface area contributed by atoms with E-state index in [-0.39, 0.29) is 30.4 Å². The van der Waals surface area contributed by atoms with Crippen molar-refractivity contribution in [1.29, 1.82) is 0 Å². The predicted molar refractivity (Wildman–Crippen MR) is 206 cm³/mol. The molecule has 0 aromatic heterocycles. The molecule has 2 N–H and O–H groups in total. The van der Waals surface area contributed by atoms with Crippen LogP contribution < -0.4 is 30.1 Å². The second-order valence-electron chi connectivity index (χ2n) is 13.5. The van der Waals surface area contributed by atoms with Gasteiger partial charge in [0, 0.05) is 31.2 Å². The predicted octanol–water partition coefficient (Wildman–Crippen LogP) is 6.05. The molecule has 0 heterocycles. The number of likely N-dealkylation sites (N-methyl/N-ethyl adjacent to an activating group) is 2. The zero-order chi connectivity index (χ0) is 38.7. The lowest BCUT2D eigenvalue weighted by Gasteiger charge is -2.27. The van der Waals surface area contributed by atoms with Crippen molar-refractivity contribution in [3.05, 3.63) is 114 Å². The third kappa shape index (κ3) is 11.7. The Hall–Kier alpha value is -6.17. The molecule has 4 rings (SSSR count). The number of amides is 5. The fourth-order valence-corrected chi connectivity index (χ4v) is 5.33. The van der Waals surface area contributed by atoms with Gasteiger partial charge in [-0.3, -0.25) is 24.1 Å². The molecule has 0 bridgehead atoms. The molecule has 4 aromatic rings. The molecule has 0 spiro atoms. The SMILES string of the molecule is Cc1ccc(C)c(N(C)C(=O)COc2ccccc2N(CC(=O)N(C)c2ccccc2)C(=O)CNC(=O)Nc2cccc(CC(=O)OC(C)(C)C)c2)c1. The summed E-state index contributed by atoms with van der Waals surface area (Å²) < 4.78 is 11.4. The van der Waals surface area contributed by atoms with E-state index in [1.165, 1.54) is 14.7 Å². The molecular formula is C41H47N5O7. The monoisotopic (exact) mass is 721 g/mol. The lowest BCUT2D eigenvalue weighted by molar-refractivity contribution is -0.154. The van der Waals surface area contributed by atoms with Crippen LogP contribution in [0.1, 0.15) is 37.5 Å². The maximum atomic E-state index is 13.9. The zero-order valence-electron chi connectivity index (χ0n) is 31.3. The number of para-hydroxylation sites is 3. The van der Waals surface area contributed by atoms with Gasteiger partial charge in [0.1, 0.15) is 17.9 Å². The molecule has 4 aromatic carbocycles. The highest BCUT2D eigenvalue weighted by Gasteiger charge is 2.26. The van der Waals surface area contributed by atoms with Gasteiger partial charge >= 0.3 is 12.0 Å². The molecule has 12 nitrogen and oxygen atoms in total. The number of carbonyl (C=O) groups is 5. The van der Waals surface area contributed by atoms with Gasteiger partial charge in [-0.1, -0.05) is 54.6 Å². The van der Waals surface area contributed by atoms with Crippen LogP contribution in [0.3, 0.4) is 0 Å². The van der Waals surface area contributed by atoms with Crippen molar-refractivity contribution in [2.45, 2.75) is 46.6 Å². The Bertz CT molecular complexity index is 1940. The first-order valence-electron chi connectivity index (χ1n) is 17.1. The summed E-state index contributed by atoms with van der Waals surface area (Å²) in [5.41, 5.74) is 3.96. The van der Waals surface area contributed by atoms with E-state index in [2.05, 4.69) is 10.6 Å². The molecule has 0 radical (unpaired) electrons. The summed E-state index contributed by atoms with van der Waals surface area (Å²) in [7, 11) is 3.27. The molecule has 0 aliphatic heterocycles. The number of hydrogen-bond acceptors (Lipinski definition) is 7. The Kier molecular flexibility index (Phi) is 13.3. The quantitative estimate of drug-likeness (QED) is 0.161. The van der Waals surface area contributed by atoms with E-state index in [4.69, 9.17) is 9.47 Å². The number of nitrogens with zero attached hydrogens (tertiary/aromatic N) is 3. The van der Waals surface area contributed by atoms with Crippen molar-refractivity contribution < 1.29 is 33.4 Å². The molecule has 12 heteroatoms. The molecule has 53 heavy (non-hydrogen) atoms. The third-order valence-corrected chi connectivity index (χ3v) is 8.07. The van der Waals surface area contributed by atoms with Gasteiger partial charge in [-0.2, -0.15) is 0 Å². The molecule has 0 atom stereocenters. The van der Waals surface area contributed by atoms with Crippen molar-refractivity contribution in [2.75, 3.05) is 53.8 Å². The van der Waals surface area contributed by atoms with Gasteiger partial charge in [0.15, 0.2) is 6.61 Å². The van der Waals surface area contributed by atoms with Crippen LogP contribution >= 0.6 is 0 Å². The van der Waals surface area contributed by atoms with E-state index in [9.17, 15) is 24.0 Å². The van der Waals surface area contributed by atoms with Crippen LogP contribution in [0.5, 0.6) is 5.75 Å². The highest BCUT2D eigenvalue weighted by atomic mass is 16.6. The Balaban J connectivity index is 1.50. The number of esters is 1. The maximum absolute atomic E-state index is 13.9. The number of anilines is 4. The number of rotatable bonds is 13. The minimum atomic E-state index is -0.676.